The molecule has 3 atom stereocenters. The van der Waals surface area contributed by atoms with Gasteiger partial charge in [0, 0.05) is 6.42 Å². The minimum absolute atomic E-state index is 0. The Morgan fingerprint density at radius 1 is 1.42 bits per heavy atom. The first kappa shape index (κ1) is 13.6. The maximum Gasteiger partial charge on any atom is 0.167 e. The second kappa shape index (κ2) is 5.05. The van der Waals surface area contributed by atoms with Crippen molar-refractivity contribution in [2.75, 3.05) is 12.3 Å². The van der Waals surface area contributed by atoms with E-state index in [-0.39, 0.29) is 12.1 Å². The molecule has 9 heteroatoms. The van der Waals surface area contributed by atoms with Crippen molar-refractivity contribution >= 4 is 17.0 Å². The van der Waals surface area contributed by atoms with Crippen LogP contribution in [0.15, 0.2) is 12.7 Å². The largest absolute Gasteiger partial charge is 0.412 e. The van der Waals surface area contributed by atoms with Crippen molar-refractivity contribution < 1.29 is 20.4 Å². The Hall–Kier alpha value is -1.81. The van der Waals surface area contributed by atoms with Crippen LogP contribution in [0.1, 0.15) is 12.6 Å². The fourth-order valence-electron chi connectivity index (χ4n) is 2.13. The minimum atomic E-state index is -0.698. The first-order chi connectivity index (χ1) is 8.70. The summed E-state index contributed by atoms with van der Waals surface area (Å²) in [5, 5.41) is 18.8. The molecule has 104 valence electrons. The molecule has 2 aromatic heterocycles. The first-order valence-electron chi connectivity index (χ1n) is 5.58. The molecule has 3 rings (SSSR count). The van der Waals surface area contributed by atoms with Gasteiger partial charge in [-0.15, -0.1) is 0 Å². The van der Waals surface area contributed by atoms with E-state index < -0.39 is 18.4 Å². The standard InChI is InChI=1S/C10H13N5O3.H2O/c11-9-8-10(13-3-12-9)15(4-14-8)7-1-5(17)6(2-16)18-7;/h3-7,16-17H,1-2H2,(H2,11,12,13);1H2/i1+1,2+1,5+1,6+1,7+1;. The molecule has 3 unspecified atom stereocenters. The Balaban J connectivity index is 0.00000133. The van der Waals surface area contributed by atoms with E-state index in [2.05, 4.69) is 15.0 Å². The van der Waals surface area contributed by atoms with E-state index >= 15 is 0 Å². The molecule has 0 aromatic carbocycles. The number of fused-ring (bicyclic) bond motifs is 1. The van der Waals surface area contributed by atoms with Crippen molar-refractivity contribution in [2.45, 2.75) is 24.9 Å². The molecule has 1 aliphatic heterocycles. The van der Waals surface area contributed by atoms with Gasteiger partial charge in [0.15, 0.2) is 11.5 Å². The van der Waals surface area contributed by atoms with Gasteiger partial charge < -0.3 is 26.2 Å². The second-order valence-corrected chi connectivity index (χ2v) is 4.20. The number of nitrogens with zero attached hydrogens (tertiary/aromatic N) is 4. The molecule has 0 spiro atoms. The summed E-state index contributed by atoms with van der Waals surface area (Å²) in [7, 11) is 0. The monoisotopic (exact) mass is 274 g/mol. The molecule has 0 aliphatic carbocycles. The Morgan fingerprint density at radius 2 is 2.21 bits per heavy atom. The molecular formula is C10H15N5O4. The smallest absolute Gasteiger partial charge is 0.167 e. The molecular weight excluding hydrogens is 259 g/mol. The van der Waals surface area contributed by atoms with E-state index in [1.807, 2.05) is 0 Å². The van der Waals surface area contributed by atoms with Crippen LogP contribution in [-0.2, 0) is 4.74 Å². The summed E-state index contributed by atoms with van der Waals surface area (Å²) < 4.78 is 7.22. The zero-order chi connectivity index (χ0) is 12.7. The molecule has 6 N–H and O–H groups in total. The average Bonchev–Trinajstić information content (AvgIpc) is 2.93. The van der Waals surface area contributed by atoms with Gasteiger partial charge >= 0.3 is 0 Å². The maximum atomic E-state index is 9.71. The topological polar surface area (TPSA) is 151 Å². The highest BCUT2D eigenvalue weighted by atomic mass is 16.7. The Bertz CT molecular complexity index is 574. The van der Waals surface area contributed by atoms with E-state index in [4.69, 9.17) is 15.6 Å². The molecule has 3 heterocycles. The van der Waals surface area contributed by atoms with Crippen LogP contribution in [0.5, 0.6) is 0 Å². The second-order valence-electron chi connectivity index (χ2n) is 4.20. The number of hydrogen-bond acceptors (Lipinski definition) is 7. The number of aliphatic hydroxyl groups excluding tert-OH is 2. The van der Waals surface area contributed by atoms with Crippen LogP contribution in [0.2, 0.25) is 0 Å². The summed E-state index contributed by atoms with van der Waals surface area (Å²) in [6.07, 6.45) is 1.60. The fraction of sp³-hybridized carbons (Fsp3) is 0.500. The Labute approximate surface area is 108 Å². The van der Waals surface area contributed by atoms with Crippen molar-refractivity contribution in [2.24, 2.45) is 0 Å². The van der Waals surface area contributed by atoms with Crippen LogP contribution in [-0.4, -0.2) is 54.0 Å². The van der Waals surface area contributed by atoms with Gasteiger partial charge in [-0.3, -0.25) is 4.57 Å². The van der Waals surface area contributed by atoms with Crippen molar-refractivity contribution in [3.63, 3.8) is 0 Å². The van der Waals surface area contributed by atoms with Gasteiger partial charge in [0.1, 0.15) is 24.2 Å². The third-order valence-electron chi connectivity index (χ3n) is 3.08. The SMILES string of the molecule is Nc1ncnc2c1ncn2[13CH]1[13CH2][13CH](O)[13CH]([13CH2]O)O1.O. The number of nitrogens with two attached hydrogens (primary N) is 1. The molecule has 0 radical (unpaired) electrons. The highest BCUT2D eigenvalue weighted by Gasteiger charge is 2.35. The highest BCUT2D eigenvalue weighted by molar-refractivity contribution is 5.81. The predicted octanol–water partition coefficient (Wildman–Crippen LogP) is -1.78. The van der Waals surface area contributed by atoms with Crippen LogP contribution in [0.25, 0.3) is 11.2 Å². The number of aliphatic hydroxyl groups is 2. The van der Waals surface area contributed by atoms with Crippen LogP contribution in [0.4, 0.5) is 5.82 Å². The van der Waals surface area contributed by atoms with Gasteiger partial charge in [0.25, 0.3) is 0 Å². The van der Waals surface area contributed by atoms with Crippen LogP contribution >= 0.6 is 0 Å². The first-order valence-corrected chi connectivity index (χ1v) is 5.58. The lowest BCUT2D eigenvalue weighted by molar-refractivity contribution is -0.0432. The van der Waals surface area contributed by atoms with E-state index in [1.54, 1.807) is 10.9 Å². The van der Waals surface area contributed by atoms with Crippen molar-refractivity contribution in [1.82, 2.24) is 19.5 Å². The third kappa shape index (κ3) is 2.12. The van der Waals surface area contributed by atoms with Gasteiger partial charge in [0.2, 0.25) is 0 Å². The molecule has 2 aromatic rings. The normalized spacial score (nSPS) is 26.5. The molecule has 1 fully saturated rings. The van der Waals surface area contributed by atoms with Crippen LogP contribution in [0, 0.1) is 0 Å². The lowest BCUT2D eigenvalue weighted by Crippen LogP contribution is -2.24. The van der Waals surface area contributed by atoms with Gasteiger partial charge in [-0.25, -0.2) is 15.0 Å². The summed E-state index contributed by atoms with van der Waals surface area (Å²) >= 11 is 0. The number of anilines is 1. The zero-order valence-corrected chi connectivity index (χ0v) is 9.97. The quantitative estimate of drug-likeness (QED) is 0.548. The van der Waals surface area contributed by atoms with E-state index in [0.29, 0.717) is 23.4 Å². The van der Waals surface area contributed by atoms with Crippen molar-refractivity contribution in [3.8, 4) is 0 Å². The molecule has 0 bridgehead atoms. The zero-order valence-electron chi connectivity index (χ0n) is 9.97. The van der Waals surface area contributed by atoms with E-state index in [9.17, 15) is 5.11 Å². The van der Waals surface area contributed by atoms with Gasteiger partial charge in [-0.2, -0.15) is 0 Å². The van der Waals surface area contributed by atoms with E-state index in [1.165, 1.54) is 6.33 Å². The fourth-order valence-corrected chi connectivity index (χ4v) is 2.13. The average molecular weight is 274 g/mol. The molecule has 0 saturated carbocycles. The maximum absolute atomic E-state index is 9.71. The number of aromatic nitrogens is 4. The van der Waals surface area contributed by atoms with Crippen molar-refractivity contribution in [3.05, 3.63) is 12.7 Å². The van der Waals surface area contributed by atoms with Crippen LogP contribution in [0.3, 0.4) is 0 Å². The lowest BCUT2D eigenvalue weighted by Gasteiger charge is -2.13. The Morgan fingerprint density at radius 3 is 2.89 bits per heavy atom. The predicted molar refractivity (Wildman–Crippen MR) is 65.0 cm³/mol. The summed E-state index contributed by atoms with van der Waals surface area (Å²) in [5.74, 6) is 0.302. The van der Waals surface area contributed by atoms with Crippen molar-refractivity contribution in [1.29, 1.82) is 0 Å². The Kier molecular flexibility index (Phi) is 3.62. The lowest BCUT2D eigenvalue weighted by atomic mass is 10.5. The van der Waals surface area contributed by atoms with Gasteiger partial charge in [-0.1, -0.05) is 0 Å². The summed E-state index contributed by atoms with van der Waals surface area (Å²) in [5.41, 5.74) is 6.75. The summed E-state index contributed by atoms with van der Waals surface area (Å²) in [6, 6.07) is 0. The highest BCUT2D eigenvalue weighted by Crippen LogP contribution is 2.30. The molecule has 9 nitrogen and oxygen atoms in total. The number of hydrogen-bond donors (Lipinski definition) is 3. The third-order valence-corrected chi connectivity index (χ3v) is 3.08. The number of imidazole rings is 1. The molecule has 1 aliphatic rings. The molecule has 0 amide bonds. The molecule has 19 heavy (non-hydrogen) atoms. The summed E-state index contributed by atoms with van der Waals surface area (Å²) in [4.78, 5) is 12.1. The number of ether oxygens (including phenoxy) is 1. The number of nitrogen functional groups attached to an aromatic ring is 1. The summed E-state index contributed by atoms with van der Waals surface area (Å²) in [6.45, 7) is -0.221. The van der Waals surface area contributed by atoms with Gasteiger partial charge in [-0.05, 0) is 0 Å². The molecule has 1 saturated heterocycles. The van der Waals surface area contributed by atoms with Gasteiger partial charge in [0.05, 0.1) is 19.0 Å². The van der Waals surface area contributed by atoms with E-state index in [0.717, 1.165) is 0 Å². The minimum Gasteiger partial charge on any atom is -0.412 e. The van der Waals surface area contributed by atoms with Crippen LogP contribution < -0.4 is 5.73 Å². The number of rotatable bonds is 2.